The Balaban J connectivity index is 1.71. The first-order chi connectivity index (χ1) is 11.8. The van der Waals surface area contributed by atoms with Gasteiger partial charge in [0.15, 0.2) is 0 Å². The molecule has 2 N–H and O–H groups in total. The first kappa shape index (κ1) is 17.7. The molecule has 2 aromatic heterocycles. The maximum absolute atomic E-state index is 9.88. The van der Waals surface area contributed by atoms with Crippen LogP contribution in [0.25, 0.3) is 0 Å². The van der Waals surface area contributed by atoms with Crippen LogP contribution in [0.15, 0.2) is 18.3 Å². The lowest BCUT2D eigenvalue weighted by molar-refractivity contribution is 0.154. The van der Waals surface area contributed by atoms with E-state index < -0.39 is 0 Å². The molecule has 1 aliphatic heterocycles. The van der Waals surface area contributed by atoms with Crippen LogP contribution < -0.4 is 9.80 Å². The largest absolute Gasteiger partial charge is 0.391 e. The van der Waals surface area contributed by atoms with Gasteiger partial charge in [0.2, 0.25) is 5.95 Å². The zero-order chi connectivity index (χ0) is 18.0. The van der Waals surface area contributed by atoms with Crippen LogP contribution in [0.4, 0.5) is 11.8 Å². The summed E-state index contributed by atoms with van der Waals surface area (Å²) in [6, 6.07) is 4.00. The molecule has 7 heteroatoms. The standard InChI is InChI=1S/C18H28N6O/c1-18(2,3)15-10-13(21-22-15)11-23(4)17-19-8-7-16(20-17)24-9-5-6-14(25)12-24/h7-8,10,14,25H,5-6,9,11-12H2,1-4H3,(H,21,22)/t14-/m1/s1. The number of H-pyrrole nitrogens is 1. The third-order valence-corrected chi connectivity index (χ3v) is 4.50. The molecule has 0 radical (unpaired) electrons. The second-order valence-electron chi connectivity index (χ2n) is 7.84. The number of aromatic nitrogens is 4. The van der Waals surface area contributed by atoms with E-state index >= 15 is 0 Å². The third-order valence-electron chi connectivity index (χ3n) is 4.50. The molecule has 1 atom stereocenters. The molecule has 1 fully saturated rings. The summed E-state index contributed by atoms with van der Waals surface area (Å²) in [6.45, 7) is 8.67. The Hall–Kier alpha value is -2.15. The number of rotatable bonds is 4. The van der Waals surface area contributed by atoms with Gasteiger partial charge in [-0.3, -0.25) is 5.10 Å². The zero-order valence-corrected chi connectivity index (χ0v) is 15.5. The number of hydrogen-bond acceptors (Lipinski definition) is 6. The summed E-state index contributed by atoms with van der Waals surface area (Å²) in [5.41, 5.74) is 2.11. The van der Waals surface area contributed by atoms with E-state index in [0.717, 1.165) is 36.6 Å². The van der Waals surface area contributed by atoms with Crippen molar-refractivity contribution >= 4 is 11.8 Å². The normalized spacial score (nSPS) is 18.4. The predicted molar refractivity (Wildman–Crippen MR) is 98.9 cm³/mol. The van der Waals surface area contributed by atoms with Crippen molar-refractivity contribution < 1.29 is 5.11 Å². The molecule has 2 aromatic rings. The Morgan fingerprint density at radius 3 is 2.88 bits per heavy atom. The van der Waals surface area contributed by atoms with Gasteiger partial charge in [-0.15, -0.1) is 0 Å². The Labute approximate surface area is 149 Å². The van der Waals surface area contributed by atoms with Gasteiger partial charge in [0.05, 0.1) is 24.0 Å². The summed E-state index contributed by atoms with van der Waals surface area (Å²) in [7, 11) is 1.97. The van der Waals surface area contributed by atoms with E-state index in [9.17, 15) is 5.11 Å². The van der Waals surface area contributed by atoms with Crippen LogP contribution >= 0.6 is 0 Å². The number of nitrogens with one attached hydrogen (secondary N) is 1. The van der Waals surface area contributed by atoms with Gasteiger partial charge in [0.25, 0.3) is 0 Å². The third kappa shape index (κ3) is 4.28. The Morgan fingerprint density at radius 1 is 1.40 bits per heavy atom. The summed E-state index contributed by atoms with van der Waals surface area (Å²) in [4.78, 5) is 13.2. The van der Waals surface area contributed by atoms with Crippen molar-refractivity contribution in [2.45, 2.75) is 51.7 Å². The number of β-amino-alcohol motifs (C(OH)–C–C–N with tert-alkyl or cyclic N) is 1. The highest BCUT2D eigenvalue weighted by Crippen LogP contribution is 2.22. The van der Waals surface area contributed by atoms with Crippen LogP contribution in [-0.2, 0) is 12.0 Å². The fourth-order valence-electron chi connectivity index (χ4n) is 3.02. The lowest BCUT2D eigenvalue weighted by atomic mass is 9.92. The van der Waals surface area contributed by atoms with Gasteiger partial charge in [0, 0.05) is 31.7 Å². The number of anilines is 2. The minimum absolute atomic E-state index is 0.0266. The summed E-state index contributed by atoms with van der Waals surface area (Å²) in [5.74, 6) is 1.54. The van der Waals surface area contributed by atoms with Crippen LogP contribution in [0, 0.1) is 0 Å². The number of aliphatic hydroxyl groups excluding tert-OH is 1. The molecule has 0 spiro atoms. The summed E-state index contributed by atoms with van der Waals surface area (Å²) < 4.78 is 0. The van der Waals surface area contributed by atoms with Gasteiger partial charge in [-0.2, -0.15) is 10.1 Å². The molecule has 136 valence electrons. The van der Waals surface area contributed by atoms with Crippen LogP contribution in [0.1, 0.15) is 45.0 Å². The van der Waals surface area contributed by atoms with E-state index in [0.29, 0.717) is 19.0 Å². The quantitative estimate of drug-likeness (QED) is 0.884. The fourth-order valence-corrected chi connectivity index (χ4v) is 3.02. The number of nitrogens with zero attached hydrogens (tertiary/aromatic N) is 5. The fraction of sp³-hybridized carbons (Fsp3) is 0.611. The topological polar surface area (TPSA) is 81.2 Å². The highest BCUT2D eigenvalue weighted by molar-refractivity contribution is 5.44. The number of aromatic amines is 1. The smallest absolute Gasteiger partial charge is 0.227 e. The van der Waals surface area contributed by atoms with Crippen LogP contribution in [-0.4, -0.2) is 51.5 Å². The minimum atomic E-state index is -0.272. The van der Waals surface area contributed by atoms with Gasteiger partial charge in [0.1, 0.15) is 5.82 Å². The predicted octanol–water partition coefficient (Wildman–Crippen LogP) is 2.09. The molecule has 25 heavy (non-hydrogen) atoms. The molecule has 0 bridgehead atoms. The Bertz CT molecular complexity index is 708. The van der Waals surface area contributed by atoms with Crippen molar-refractivity contribution in [2.75, 3.05) is 29.9 Å². The average Bonchev–Trinajstić information content (AvgIpc) is 3.04. The van der Waals surface area contributed by atoms with Crippen molar-refractivity contribution in [1.82, 2.24) is 20.2 Å². The van der Waals surface area contributed by atoms with E-state index in [4.69, 9.17) is 0 Å². The molecule has 0 aromatic carbocycles. The van der Waals surface area contributed by atoms with E-state index in [1.165, 1.54) is 0 Å². The molecule has 0 unspecified atom stereocenters. The van der Waals surface area contributed by atoms with Gasteiger partial charge in [-0.05, 0) is 25.0 Å². The highest BCUT2D eigenvalue weighted by Gasteiger charge is 2.20. The summed E-state index contributed by atoms with van der Waals surface area (Å²) in [5, 5.41) is 17.4. The number of piperidine rings is 1. The van der Waals surface area contributed by atoms with Gasteiger partial charge in [-0.25, -0.2) is 4.98 Å². The molecule has 1 aliphatic rings. The van der Waals surface area contributed by atoms with E-state index in [2.05, 4.69) is 51.9 Å². The lowest BCUT2D eigenvalue weighted by Gasteiger charge is -2.31. The van der Waals surface area contributed by atoms with E-state index in [1.54, 1.807) is 6.20 Å². The maximum atomic E-state index is 9.88. The molecule has 3 heterocycles. The van der Waals surface area contributed by atoms with Crippen LogP contribution in [0.3, 0.4) is 0 Å². The first-order valence-corrected chi connectivity index (χ1v) is 8.85. The number of aliphatic hydroxyl groups is 1. The molecule has 7 nitrogen and oxygen atoms in total. The average molecular weight is 344 g/mol. The Kier molecular flexibility index (Phi) is 4.94. The molecule has 3 rings (SSSR count). The molecule has 0 aliphatic carbocycles. The van der Waals surface area contributed by atoms with Crippen molar-refractivity contribution in [3.05, 3.63) is 29.7 Å². The van der Waals surface area contributed by atoms with Crippen molar-refractivity contribution in [3.63, 3.8) is 0 Å². The molecular formula is C18H28N6O. The molecule has 0 amide bonds. The first-order valence-electron chi connectivity index (χ1n) is 8.85. The van der Waals surface area contributed by atoms with Crippen LogP contribution in [0.2, 0.25) is 0 Å². The summed E-state index contributed by atoms with van der Waals surface area (Å²) in [6.07, 6.45) is 3.36. The summed E-state index contributed by atoms with van der Waals surface area (Å²) >= 11 is 0. The SMILES string of the molecule is CN(Cc1cc(C(C)(C)C)n[nH]1)c1nccc(N2CCC[C@@H](O)C2)n1. The van der Waals surface area contributed by atoms with Crippen molar-refractivity contribution in [2.24, 2.45) is 0 Å². The van der Waals surface area contributed by atoms with Crippen LogP contribution in [0.5, 0.6) is 0 Å². The molecular weight excluding hydrogens is 316 g/mol. The highest BCUT2D eigenvalue weighted by atomic mass is 16.3. The molecule has 1 saturated heterocycles. The second-order valence-corrected chi connectivity index (χ2v) is 7.84. The maximum Gasteiger partial charge on any atom is 0.227 e. The van der Waals surface area contributed by atoms with Gasteiger partial charge < -0.3 is 14.9 Å². The molecule has 0 saturated carbocycles. The van der Waals surface area contributed by atoms with Gasteiger partial charge in [-0.1, -0.05) is 20.8 Å². The van der Waals surface area contributed by atoms with Crippen molar-refractivity contribution in [3.8, 4) is 0 Å². The second kappa shape index (κ2) is 7.00. The van der Waals surface area contributed by atoms with E-state index in [1.807, 2.05) is 18.0 Å². The monoisotopic (exact) mass is 344 g/mol. The zero-order valence-electron chi connectivity index (χ0n) is 15.5. The van der Waals surface area contributed by atoms with Gasteiger partial charge >= 0.3 is 0 Å². The Morgan fingerprint density at radius 2 is 2.20 bits per heavy atom. The van der Waals surface area contributed by atoms with Crippen molar-refractivity contribution in [1.29, 1.82) is 0 Å². The lowest BCUT2D eigenvalue weighted by Crippen LogP contribution is -2.38. The minimum Gasteiger partial charge on any atom is -0.391 e. The van der Waals surface area contributed by atoms with E-state index in [-0.39, 0.29) is 11.5 Å². The number of hydrogen-bond donors (Lipinski definition) is 2.